The fourth-order valence-electron chi connectivity index (χ4n) is 1.68. The van der Waals surface area contributed by atoms with Crippen LogP contribution >= 0.6 is 0 Å². The maximum atomic E-state index is 10.8. The monoisotopic (exact) mass is 232 g/mol. The number of rotatable bonds is 3. The van der Waals surface area contributed by atoms with E-state index < -0.39 is 5.97 Å². The van der Waals surface area contributed by atoms with Gasteiger partial charge in [-0.2, -0.15) is 0 Å². The van der Waals surface area contributed by atoms with E-state index in [1.54, 1.807) is 24.4 Å². The van der Waals surface area contributed by atoms with Crippen LogP contribution in [0.1, 0.15) is 10.5 Å². The van der Waals surface area contributed by atoms with Crippen molar-refractivity contribution in [1.82, 2.24) is 4.98 Å². The van der Waals surface area contributed by atoms with Crippen molar-refractivity contribution >= 4 is 11.7 Å². The minimum atomic E-state index is -1.00. The number of nitrogens with one attached hydrogen (secondary N) is 1. The molecule has 5 heteroatoms. The molecular weight excluding hydrogens is 220 g/mol. The quantitative estimate of drug-likeness (QED) is 0.706. The number of carboxylic acids is 1. The number of nitrogens with two attached hydrogens (primary N) is 1. The largest absolute Gasteiger partial charge is 0.494 e. The molecule has 88 valence electrons. The SMILES string of the molecule is COc1c(N)cccc1-c1c[nH]c(C(=O)O)c1. The van der Waals surface area contributed by atoms with Gasteiger partial charge in [-0.25, -0.2) is 4.79 Å². The molecule has 0 saturated heterocycles. The summed E-state index contributed by atoms with van der Waals surface area (Å²) in [5.41, 5.74) is 7.92. The fraction of sp³-hybridized carbons (Fsp3) is 0.0833. The van der Waals surface area contributed by atoms with E-state index in [4.69, 9.17) is 15.6 Å². The topological polar surface area (TPSA) is 88.3 Å². The molecule has 17 heavy (non-hydrogen) atoms. The van der Waals surface area contributed by atoms with E-state index >= 15 is 0 Å². The highest BCUT2D eigenvalue weighted by Crippen LogP contribution is 2.34. The molecule has 0 amide bonds. The number of aromatic nitrogens is 1. The molecule has 0 saturated carbocycles. The zero-order valence-electron chi connectivity index (χ0n) is 9.23. The van der Waals surface area contributed by atoms with Gasteiger partial charge in [0.2, 0.25) is 0 Å². The highest BCUT2D eigenvalue weighted by Gasteiger charge is 2.12. The zero-order valence-corrected chi connectivity index (χ0v) is 9.23. The first-order valence-electron chi connectivity index (χ1n) is 4.98. The third-order valence-corrected chi connectivity index (χ3v) is 2.47. The number of nitrogen functional groups attached to an aromatic ring is 1. The normalized spacial score (nSPS) is 10.2. The van der Waals surface area contributed by atoms with Gasteiger partial charge in [-0.3, -0.25) is 0 Å². The van der Waals surface area contributed by atoms with Crippen LogP contribution in [0.2, 0.25) is 0 Å². The van der Waals surface area contributed by atoms with Crippen molar-refractivity contribution < 1.29 is 14.6 Å². The predicted octanol–water partition coefficient (Wildman–Crippen LogP) is 1.97. The lowest BCUT2D eigenvalue weighted by atomic mass is 10.1. The Balaban J connectivity index is 2.52. The van der Waals surface area contributed by atoms with E-state index in [9.17, 15) is 4.79 Å². The van der Waals surface area contributed by atoms with E-state index in [2.05, 4.69) is 4.98 Å². The van der Waals surface area contributed by atoms with Gasteiger partial charge in [-0.05, 0) is 12.1 Å². The lowest BCUT2D eigenvalue weighted by Crippen LogP contribution is -1.95. The number of para-hydroxylation sites is 1. The summed E-state index contributed by atoms with van der Waals surface area (Å²) in [6, 6.07) is 6.89. The molecule has 0 fully saturated rings. The lowest BCUT2D eigenvalue weighted by Gasteiger charge is -2.09. The second-order valence-corrected chi connectivity index (χ2v) is 3.54. The number of carbonyl (C=O) groups is 1. The first-order chi connectivity index (χ1) is 8.13. The molecule has 1 heterocycles. The minimum absolute atomic E-state index is 0.129. The molecule has 1 aromatic carbocycles. The number of aromatic amines is 1. The third-order valence-electron chi connectivity index (χ3n) is 2.47. The smallest absolute Gasteiger partial charge is 0.352 e. The summed E-state index contributed by atoms with van der Waals surface area (Å²) in [4.78, 5) is 13.5. The predicted molar refractivity (Wildman–Crippen MR) is 64.2 cm³/mol. The molecule has 0 atom stereocenters. The number of methoxy groups -OCH3 is 1. The number of anilines is 1. The molecule has 2 rings (SSSR count). The van der Waals surface area contributed by atoms with Crippen LogP contribution in [0, 0.1) is 0 Å². The summed E-state index contributed by atoms with van der Waals surface area (Å²) in [5, 5.41) is 8.84. The average Bonchev–Trinajstić information content (AvgIpc) is 2.77. The molecule has 4 N–H and O–H groups in total. The van der Waals surface area contributed by atoms with Gasteiger partial charge < -0.3 is 20.6 Å². The summed E-state index contributed by atoms with van der Waals surface area (Å²) >= 11 is 0. The van der Waals surface area contributed by atoms with Gasteiger partial charge in [0, 0.05) is 17.3 Å². The minimum Gasteiger partial charge on any atom is -0.494 e. The Morgan fingerprint density at radius 3 is 2.82 bits per heavy atom. The summed E-state index contributed by atoms with van der Waals surface area (Å²) in [6.45, 7) is 0. The van der Waals surface area contributed by atoms with Crippen molar-refractivity contribution in [3.05, 3.63) is 36.2 Å². The molecule has 5 nitrogen and oxygen atoms in total. The third kappa shape index (κ3) is 1.94. The maximum Gasteiger partial charge on any atom is 0.352 e. The number of carboxylic acid groups (broad SMARTS) is 1. The molecule has 0 aliphatic rings. The van der Waals surface area contributed by atoms with Crippen molar-refractivity contribution in [2.75, 3.05) is 12.8 Å². The first-order valence-corrected chi connectivity index (χ1v) is 4.98. The Morgan fingerprint density at radius 2 is 2.24 bits per heavy atom. The molecule has 2 aromatic rings. The highest BCUT2D eigenvalue weighted by atomic mass is 16.5. The number of hydrogen-bond acceptors (Lipinski definition) is 3. The molecule has 0 unspecified atom stereocenters. The van der Waals surface area contributed by atoms with Gasteiger partial charge >= 0.3 is 5.97 Å². The molecule has 0 aliphatic carbocycles. The van der Waals surface area contributed by atoms with Crippen LogP contribution in [-0.2, 0) is 0 Å². The van der Waals surface area contributed by atoms with Crippen LogP contribution in [0.15, 0.2) is 30.5 Å². The van der Waals surface area contributed by atoms with Gasteiger partial charge in [-0.1, -0.05) is 12.1 Å². The Kier molecular flexibility index (Phi) is 2.74. The Labute approximate surface area is 97.8 Å². The van der Waals surface area contributed by atoms with Crippen molar-refractivity contribution in [1.29, 1.82) is 0 Å². The van der Waals surface area contributed by atoms with Crippen LogP contribution < -0.4 is 10.5 Å². The second-order valence-electron chi connectivity index (χ2n) is 3.54. The number of ether oxygens (including phenoxy) is 1. The fourth-order valence-corrected chi connectivity index (χ4v) is 1.68. The van der Waals surface area contributed by atoms with Gasteiger partial charge in [0.25, 0.3) is 0 Å². The summed E-state index contributed by atoms with van der Waals surface area (Å²) < 4.78 is 5.21. The highest BCUT2D eigenvalue weighted by molar-refractivity contribution is 5.89. The van der Waals surface area contributed by atoms with E-state index in [1.807, 2.05) is 6.07 Å². The number of H-pyrrole nitrogens is 1. The van der Waals surface area contributed by atoms with E-state index in [0.717, 1.165) is 11.1 Å². The van der Waals surface area contributed by atoms with Crippen molar-refractivity contribution in [2.24, 2.45) is 0 Å². The Bertz CT molecular complexity index is 561. The maximum absolute atomic E-state index is 10.8. The molecule has 0 radical (unpaired) electrons. The zero-order chi connectivity index (χ0) is 12.4. The van der Waals surface area contributed by atoms with Gasteiger partial charge in [0.1, 0.15) is 11.4 Å². The molecule has 0 aliphatic heterocycles. The lowest BCUT2D eigenvalue weighted by molar-refractivity contribution is 0.0691. The van der Waals surface area contributed by atoms with Crippen molar-refractivity contribution in [3.63, 3.8) is 0 Å². The van der Waals surface area contributed by atoms with Crippen molar-refractivity contribution in [3.8, 4) is 16.9 Å². The van der Waals surface area contributed by atoms with Gasteiger partial charge in [-0.15, -0.1) is 0 Å². The molecule has 0 spiro atoms. The van der Waals surface area contributed by atoms with E-state index in [-0.39, 0.29) is 5.69 Å². The van der Waals surface area contributed by atoms with Gasteiger partial charge in [0.05, 0.1) is 12.8 Å². The second kappa shape index (κ2) is 4.21. The van der Waals surface area contributed by atoms with Crippen LogP contribution in [-0.4, -0.2) is 23.2 Å². The Hall–Kier alpha value is -2.43. The number of hydrogen-bond donors (Lipinski definition) is 3. The summed E-state index contributed by atoms with van der Waals surface area (Å²) in [6.07, 6.45) is 1.61. The summed E-state index contributed by atoms with van der Waals surface area (Å²) in [5.74, 6) is -0.456. The van der Waals surface area contributed by atoms with Crippen LogP contribution in [0.4, 0.5) is 5.69 Å². The van der Waals surface area contributed by atoms with Gasteiger partial charge in [0.15, 0.2) is 0 Å². The van der Waals surface area contributed by atoms with Crippen LogP contribution in [0.5, 0.6) is 5.75 Å². The molecule has 0 bridgehead atoms. The van der Waals surface area contributed by atoms with Crippen molar-refractivity contribution in [2.45, 2.75) is 0 Å². The van der Waals surface area contributed by atoms with E-state index in [1.165, 1.54) is 7.11 Å². The number of benzene rings is 1. The van der Waals surface area contributed by atoms with Crippen LogP contribution in [0.25, 0.3) is 11.1 Å². The first kappa shape index (κ1) is 11.1. The van der Waals surface area contributed by atoms with Crippen LogP contribution in [0.3, 0.4) is 0 Å². The average molecular weight is 232 g/mol. The molecule has 1 aromatic heterocycles. The Morgan fingerprint density at radius 1 is 1.47 bits per heavy atom. The number of aromatic carboxylic acids is 1. The van der Waals surface area contributed by atoms with E-state index in [0.29, 0.717) is 11.4 Å². The molecular formula is C12H12N2O3. The summed E-state index contributed by atoms with van der Waals surface area (Å²) in [7, 11) is 1.53. The standard InChI is InChI=1S/C12H12N2O3/c1-17-11-8(3-2-4-9(11)13)7-5-10(12(15)16)14-6-7/h2-6,14H,13H2,1H3,(H,15,16).